The average molecular weight is 344 g/mol. The Bertz CT molecular complexity index is 722. The Morgan fingerprint density at radius 3 is 2.25 bits per heavy atom. The van der Waals surface area contributed by atoms with Gasteiger partial charge in [-0.05, 0) is 61.4 Å². The van der Waals surface area contributed by atoms with Gasteiger partial charge in [0, 0.05) is 42.6 Å². The standard InChI is InChI=1S/C19H22ClN3O/c1-14-3-8-18(13-15(14)2)22-9-11-23(12-10-22)19(24)21-17-6-4-16(20)5-7-17/h3-8,13H,9-12H2,1-2H3,(H,21,24). The molecule has 0 saturated carbocycles. The zero-order valence-corrected chi connectivity index (χ0v) is 14.8. The number of hydrogen-bond acceptors (Lipinski definition) is 2. The minimum atomic E-state index is -0.0583. The molecule has 1 heterocycles. The van der Waals surface area contributed by atoms with Crippen LogP contribution in [0.2, 0.25) is 5.02 Å². The van der Waals surface area contributed by atoms with E-state index in [0.717, 1.165) is 18.8 Å². The largest absolute Gasteiger partial charge is 0.368 e. The van der Waals surface area contributed by atoms with Gasteiger partial charge >= 0.3 is 6.03 Å². The molecule has 0 unspecified atom stereocenters. The second-order valence-corrected chi connectivity index (χ2v) is 6.62. The van der Waals surface area contributed by atoms with E-state index in [0.29, 0.717) is 18.1 Å². The Kier molecular flexibility index (Phi) is 4.95. The van der Waals surface area contributed by atoms with Gasteiger partial charge in [0.05, 0.1) is 0 Å². The van der Waals surface area contributed by atoms with Crippen LogP contribution in [0.1, 0.15) is 11.1 Å². The van der Waals surface area contributed by atoms with Gasteiger partial charge in [-0.1, -0.05) is 17.7 Å². The first-order chi connectivity index (χ1) is 11.5. The summed E-state index contributed by atoms with van der Waals surface area (Å²) in [5, 5.41) is 3.58. The summed E-state index contributed by atoms with van der Waals surface area (Å²) in [6, 6.07) is 13.6. The van der Waals surface area contributed by atoms with Crippen LogP contribution in [0, 0.1) is 13.8 Å². The molecule has 1 N–H and O–H groups in total. The number of carbonyl (C=O) groups excluding carboxylic acids is 1. The fraction of sp³-hybridized carbons (Fsp3) is 0.316. The molecule has 2 aromatic carbocycles. The summed E-state index contributed by atoms with van der Waals surface area (Å²) in [7, 11) is 0. The second kappa shape index (κ2) is 7.14. The number of rotatable bonds is 2. The highest BCUT2D eigenvalue weighted by atomic mass is 35.5. The number of nitrogens with one attached hydrogen (secondary N) is 1. The van der Waals surface area contributed by atoms with Crippen molar-refractivity contribution in [3.8, 4) is 0 Å². The van der Waals surface area contributed by atoms with Crippen LogP contribution >= 0.6 is 11.6 Å². The first kappa shape index (κ1) is 16.7. The number of piperazine rings is 1. The lowest BCUT2D eigenvalue weighted by Crippen LogP contribution is -2.50. The highest BCUT2D eigenvalue weighted by molar-refractivity contribution is 6.30. The van der Waals surface area contributed by atoms with Crippen molar-refractivity contribution < 1.29 is 4.79 Å². The van der Waals surface area contributed by atoms with Crippen LogP contribution in [0.5, 0.6) is 0 Å². The lowest BCUT2D eigenvalue weighted by molar-refractivity contribution is 0.208. The molecule has 0 bridgehead atoms. The van der Waals surface area contributed by atoms with Gasteiger partial charge < -0.3 is 15.1 Å². The van der Waals surface area contributed by atoms with Gasteiger partial charge in [0.25, 0.3) is 0 Å². The maximum atomic E-state index is 12.4. The number of aryl methyl sites for hydroxylation is 2. The monoisotopic (exact) mass is 343 g/mol. The third kappa shape index (κ3) is 3.82. The molecule has 5 heteroatoms. The van der Waals surface area contributed by atoms with Crippen molar-refractivity contribution in [1.82, 2.24) is 4.90 Å². The second-order valence-electron chi connectivity index (χ2n) is 6.18. The number of halogens is 1. The van der Waals surface area contributed by atoms with E-state index >= 15 is 0 Å². The van der Waals surface area contributed by atoms with Crippen LogP contribution in [0.15, 0.2) is 42.5 Å². The molecule has 1 fully saturated rings. The molecule has 1 aliphatic rings. The molecule has 126 valence electrons. The lowest BCUT2D eigenvalue weighted by Gasteiger charge is -2.36. The smallest absolute Gasteiger partial charge is 0.321 e. The minimum absolute atomic E-state index is 0.0583. The van der Waals surface area contributed by atoms with Crippen molar-refractivity contribution in [2.45, 2.75) is 13.8 Å². The van der Waals surface area contributed by atoms with E-state index in [-0.39, 0.29) is 6.03 Å². The summed E-state index contributed by atoms with van der Waals surface area (Å²) in [5.41, 5.74) is 4.60. The van der Waals surface area contributed by atoms with Crippen LogP contribution in [-0.2, 0) is 0 Å². The first-order valence-corrected chi connectivity index (χ1v) is 8.54. The third-order valence-electron chi connectivity index (χ3n) is 4.52. The number of amides is 2. The normalized spacial score (nSPS) is 14.6. The van der Waals surface area contributed by atoms with Crippen molar-refractivity contribution in [3.63, 3.8) is 0 Å². The molecule has 2 amide bonds. The summed E-state index contributed by atoms with van der Waals surface area (Å²) in [6.07, 6.45) is 0. The summed E-state index contributed by atoms with van der Waals surface area (Å²) >= 11 is 5.86. The van der Waals surface area contributed by atoms with Gasteiger partial charge in [-0.3, -0.25) is 0 Å². The molecular weight excluding hydrogens is 322 g/mol. The molecule has 1 saturated heterocycles. The van der Waals surface area contributed by atoms with Crippen molar-refractivity contribution in [1.29, 1.82) is 0 Å². The molecule has 4 nitrogen and oxygen atoms in total. The van der Waals surface area contributed by atoms with Crippen molar-refractivity contribution in [2.24, 2.45) is 0 Å². The molecule has 0 aliphatic carbocycles. The number of urea groups is 1. The molecule has 0 radical (unpaired) electrons. The average Bonchev–Trinajstić information content (AvgIpc) is 2.59. The maximum Gasteiger partial charge on any atom is 0.321 e. The molecule has 0 aromatic heterocycles. The SMILES string of the molecule is Cc1ccc(N2CCN(C(=O)Nc3ccc(Cl)cc3)CC2)cc1C. The lowest BCUT2D eigenvalue weighted by atomic mass is 10.1. The van der Waals surface area contributed by atoms with E-state index in [1.54, 1.807) is 12.1 Å². The summed E-state index contributed by atoms with van der Waals surface area (Å²) in [4.78, 5) is 16.5. The van der Waals surface area contributed by atoms with E-state index in [1.807, 2.05) is 17.0 Å². The van der Waals surface area contributed by atoms with Crippen LogP contribution < -0.4 is 10.2 Å². The number of anilines is 2. The van der Waals surface area contributed by atoms with Gasteiger partial charge in [0.15, 0.2) is 0 Å². The quantitative estimate of drug-likeness (QED) is 0.881. The molecule has 24 heavy (non-hydrogen) atoms. The summed E-state index contributed by atoms with van der Waals surface area (Å²) in [5.74, 6) is 0. The molecule has 0 atom stereocenters. The molecule has 2 aromatic rings. The topological polar surface area (TPSA) is 35.6 Å². The van der Waals surface area contributed by atoms with Crippen LogP contribution in [-0.4, -0.2) is 37.1 Å². The maximum absolute atomic E-state index is 12.4. The fourth-order valence-electron chi connectivity index (χ4n) is 2.83. The highest BCUT2D eigenvalue weighted by Crippen LogP contribution is 2.21. The molecule has 0 spiro atoms. The Morgan fingerprint density at radius 2 is 1.62 bits per heavy atom. The molecular formula is C19H22ClN3O. The Hall–Kier alpha value is -2.20. The Balaban J connectivity index is 1.57. The highest BCUT2D eigenvalue weighted by Gasteiger charge is 2.21. The van der Waals surface area contributed by atoms with Crippen molar-refractivity contribution >= 4 is 29.0 Å². The third-order valence-corrected chi connectivity index (χ3v) is 4.77. The van der Waals surface area contributed by atoms with Crippen molar-refractivity contribution in [2.75, 3.05) is 36.4 Å². The van der Waals surface area contributed by atoms with Gasteiger partial charge in [0.1, 0.15) is 0 Å². The number of nitrogens with zero attached hydrogens (tertiary/aromatic N) is 2. The molecule has 1 aliphatic heterocycles. The fourth-order valence-corrected chi connectivity index (χ4v) is 2.95. The van der Waals surface area contributed by atoms with E-state index in [4.69, 9.17) is 11.6 Å². The number of benzene rings is 2. The first-order valence-electron chi connectivity index (χ1n) is 8.16. The predicted octanol–water partition coefficient (Wildman–Crippen LogP) is 4.31. The van der Waals surface area contributed by atoms with Crippen LogP contribution in [0.3, 0.4) is 0 Å². The molecule has 3 rings (SSSR count). The van der Waals surface area contributed by atoms with Crippen LogP contribution in [0.4, 0.5) is 16.2 Å². The zero-order chi connectivity index (χ0) is 17.1. The van der Waals surface area contributed by atoms with Gasteiger partial charge in [-0.25, -0.2) is 4.79 Å². The van der Waals surface area contributed by atoms with Gasteiger partial charge in [-0.15, -0.1) is 0 Å². The predicted molar refractivity (Wildman–Crippen MR) is 100 cm³/mol. The van der Waals surface area contributed by atoms with Crippen LogP contribution in [0.25, 0.3) is 0 Å². The van der Waals surface area contributed by atoms with E-state index < -0.39 is 0 Å². The number of carbonyl (C=O) groups is 1. The van der Waals surface area contributed by atoms with E-state index in [2.05, 4.69) is 42.3 Å². The zero-order valence-electron chi connectivity index (χ0n) is 14.1. The summed E-state index contributed by atoms with van der Waals surface area (Å²) < 4.78 is 0. The Labute approximate surface area is 148 Å². The van der Waals surface area contributed by atoms with Crippen molar-refractivity contribution in [3.05, 3.63) is 58.6 Å². The Morgan fingerprint density at radius 1 is 0.958 bits per heavy atom. The van der Waals surface area contributed by atoms with E-state index in [1.165, 1.54) is 16.8 Å². The van der Waals surface area contributed by atoms with E-state index in [9.17, 15) is 4.79 Å². The van der Waals surface area contributed by atoms with Gasteiger partial charge in [-0.2, -0.15) is 0 Å². The van der Waals surface area contributed by atoms with Gasteiger partial charge in [0.2, 0.25) is 0 Å². The number of hydrogen-bond donors (Lipinski definition) is 1. The summed E-state index contributed by atoms with van der Waals surface area (Å²) in [6.45, 7) is 7.37. The minimum Gasteiger partial charge on any atom is -0.368 e.